The number of hydrogen-bond acceptors (Lipinski definition) is 9. The van der Waals surface area contributed by atoms with E-state index in [9.17, 15) is 35.4 Å². The number of nitrogens with zero attached hydrogens (tertiary/aromatic N) is 4. The third-order valence-corrected chi connectivity index (χ3v) is 3.67. The van der Waals surface area contributed by atoms with Crippen molar-refractivity contribution in [2.45, 2.75) is 0 Å². The van der Waals surface area contributed by atoms with E-state index in [4.69, 9.17) is 0 Å². The molecule has 134 valence electrons. The van der Waals surface area contributed by atoms with Gasteiger partial charge in [0.25, 0.3) is 11.4 Å². The zero-order valence-corrected chi connectivity index (χ0v) is 14.1. The summed E-state index contributed by atoms with van der Waals surface area (Å²) in [6.07, 6.45) is 1.01. The Balaban J connectivity index is 2.33. The summed E-state index contributed by atoms with van der Waals surface area (Å²) in [5, 5.41) is 46.1. The molecule has 2 rings (SSSR count). The maximum absolute atomic E-state index is 11.0. The van der Waals surface area contributed by atoms with Crippen molar-refractivity contribution >= 4 is 44.9 Å². The Morgan fingerprint density at radius 1 is 1.00 bits per heavy atom. The van der Waals surface area contributed by atoms with E-state index in [0.717, 1.165) is 36.5 Å². The molecular formula is C13H8BrN5O7. The van der Waals surface area contributed by atoms with Gasteiger partial charge in [-0.05, 0) is 22.0 Å². The summed E-state index contributed by atoms with van der Waals surface area (Å²) in [5.74, 6) is -0.320. The number of nitro groups is 3. The van der Waals surface area contributed by atoms with Crippen molar-refractivity contribution in [3.8, 4) is 5.75 Å². The number of anilines is 1. The highest BCUT2D eigenvalue weighted by Gasteiger charge is 2.19. The summed E-state index contributed by atoms with van der Waals surface area (Å²) in [6, 6.07) is 5.05. The summed E-state index contributed by atoms with van der Waals surface area (Å²) in [7, 11) is 0. The van der Waals surface area contributed by atoms with Crippen molar-refractivity contribution < 1.29 is 19.9 Å². The third-order valence-electron chi connectivity index (χ3n) is 3.07. The standard InChI is InChI=1S/C13H8BrN5O7/c14-10-4-9(18(23)24)3-7(13(10)20)6-15-16-11-2-1-8(17(21)22)5-12(11)19(25)26/h1-6,16,20H/b15-6-. The Labute approximate surface area is 152 Å². The molecule has 0 saturated carbocycles. The monoisotopic (exact) mass is 425 g/mol. The van der Waals surface area contributed by atoms with Crippen LogP contribution in [-0.4, -0.2) is 26.1 Å². The largest absolute Gasteiger partial charge is 0.506 e. The zero-order valence-electron chi connectivity index (χ0n) is 12.5. The van der Waals surface area contributed by atoms with Gasteiger partial charge in [-0.1, -0.05) is 0 Å². The highest BCUT2D eigenvalue weighted by Crippen LogP contribution is 2.32. The van der Waals surface area contributed by atoms with Crippen LogP contribution in [0.2, 0.25) is 0 Å². The molecule has 0 radical (unpaired) electrons. The van der Waals surface area contributed by atoms with Gasteiger partial charge in [0.2, 0.25) is 0 Å². The first-order valence-electron chi connectivity index (χ1n) is 6.59. The minimum atomic E-state index is -0.827. The second-order valence-electron chi connectivity index (χ2n) is 4.71. The number of hydrazone groups is 1. The van der Waals surface area contributed by atoms with Crippen LogP contribution < -0.4 is 5.43 Å². The summed E-state index contributed by atoms with van der Waals surface area (Å²) in [5.41, 5.74) is 0.794. The average molecular weight is 426 g/mol. The number of aromatic hydroxyl groups is 1. The molecule has 0 atom stereocenters. The van der Waals surface area contributed by atoms with Crippen molar-refractivity contribution in [3.63, 3.8) is 0 Å². The molecular weight excluding hydrogens is 418 g/mol. The Hall–Kier alpha value is -3.61. The van der Waals surface area contributed by atoms with Gasteiger partial charge in [0.1, 0.15) is 11.4 Å². The molecule has 2 aromatic rings. The number of hydrogen-bond donors (Lipinski definition) is 2. The van der Waals surface area contributed by atoms with E-state index < -0.39 is 26.1 Å². The maximum Gasteiger partial charge on any atom is 0.301 e. The second kappa shape index (κ2) is 7.52. The van der Waals surface area contributed by atoms with Crippen LogP contribution in [0.3, 0.4) is 0 Å². The lowest BCUT2D eigenvalue weighted by Crippen LogP contribution is -1.99. The topological polar surface area (TPSA) is 174 Å². The Bertz CT molecular complexity index is 947. The Morgan fingerprint density at radius 3 is 2.23 bits per heavy atom. The lowest BCUT2D eigenvalue weighted by Gasteiger charge is -2.04. The maximum atomic E-state index is 11.0. The predicted octanol–water partition coefficient (Wildman–Crippen LogP) is 3.33. The molecule has 0 bridgehead atoms. The van der Waals surface area contributed by atoms with Gasteiger partial charge in [-0.25, -0.2) is 0 Å². The van der Waals surface area contributed by atoms with Gasteiger partial charge in [0.05, 0.1) is 31.5 Å². The number of nitrogens with one attached hydrogen (secondary N) is 1. The van der Waals surface area contributed by atoms with Gasteiger partial charge in [-0.15, -0.1) is 0 Å². The molecule has 13 heteroatoms. The van der Waals surface area contributed by atoms with E-state index in [1.54, 1.807) is 0 Å². The van der Waals surface area contributed by atoms with Crippen molar-refractivity contribution in [1.82, 2.24) is 0 Å². The molecule has 0 spiro atoms. The van der Waals surface area contributed by atoms with Crippen molar-refractivity contribution in [3.05, 3.63) is 70.7 Å². The number of phenolic OH excluding ortho intramolecular Hbond substituents is 1. The fraction of sp³-hybridized carbons (Fsp3) is 0. The fourth-order valence-corrected chi connectivity index (χ4v) is 2.32. The molecule has 0 aliphatic rings. The summed E-state index contributed by atoms with van der Waals surface area (Å²) in [4.78, 5) is 30.3. The molecule has 0 aliphatic heterocycles. The van der Waals surface area contributed by atoms with Crippen molar-refractivity contribution in [2.24, 2.45) is 5.10 Å². The number of halogens is 1. The molecule has 0 aromatic heterocycles. The van der Waals surface area contributed by atoms with Gasteiger partial charge in [-0.2, -0.15) is 5.10 Å². The van der Waals surface area contributed by atoms with Crippen LogP contribution in [0.25, 0.3) is 0 Å². The first-order chi connectivity index (χ1) is 12.2. The fourth-order valence-electron chi connectivity index (χ4n) is 1.86. The molecule has 0 unspecified atom stereocenters. The zero-order chi connectivity index (χ0) is 19.4. The van der Waals surface area contributed by atoms with E-state index >= 15 is 0 Å². The number of rotatable bonds is 6. The smallest absolute Gasteiger partial charge is 0.301 e. The molecule has 2 N–H and O–H groups in total. The SMILES string of the molecule is O=[N+]([O-])c1cc(Br)c(O)c(/C=N\Nc2ccc([N+](=O)[O-])cc2[N+](=O)[O-])c1. The third kappa shape index (κ3) is 4.07. The molecule has 12 nitrogen and oxygen atoms in total. The highest BCUT2D eigenvalue weighted by atomic mass is 79.9. The quantitative estimate of drug-likeness (QED) is 0.402. The van der Waals surface area contributed by atoms with Gasteiger partial charge in [0.15, 0.2) is 0 Å². The first-order valence-corrected chi connectivity index (χ1v) is 7.39. The summed E-state index contributed by atoms with van der Waals surface area (Å²) < 4.78 is 0.0643. The number of phenols is 1. The van der Waals surface area contributed by atoms with Gasteiger partial charge < -0.3 is 5.11 Å². The number of benzene rings is 2. The molecule has 0 amide bonds. The minimum Gasteiger partial charge on any atom is -0.506 e. The van der Waals surface area contributed by atoms with Crippen LogP contribution in [0.4, 0.5) is 22.7 Å². The first kappa shape index (κ1) is 18.7. The molecule has 26 heavy (non-hydrogen) atoms. The average Bonchev–Trinajstić information content (AvgIpc) is 2.58. The van der Waals surface area contributed by atoms with E-state index in [2.05, 4.69) is 26.5 Å². The van der Waals surface area contributed by atoms with Crippen LogP contribution in [0.5, 0.6) is 5.75 Å². The van der Waals surface area contributed by atoms with Crippen LogP contribution in [0.15, 0.2) is 39.9 Å². The summed E-state index contributed by atoms with van der Waals surface area (Å²) >= 11 is 2.96. The number of non-ortho nitro benzene ring substituents is 2. The normalized spacial score (nSPS) is 10.7. The van der Waals surface area contributed by atoms with Crippen LogP contribution in [0, 0.1) is 30.3 Å². The van der Waals surface area contributed by atoms with Gasteiger partial charge in [-0.3, -0.25) is 35.8 Å². The Morgan fingerprint density at radius 2 is 1.65 bits per heavy atom. The van der Waals surface area contributed by atoms with Crippen molar-refractivity contribution in [2.75, 3.05) is 5.43 Å². The van der Waals surface area contributed by atoms with Crippen molar-refractivity contribution in [1.29, 1.82) is 0 Å². The lowest BCUT2D eigenvalue weighted by atomic mass is 10.2. The molecule has 0 fully saturated rings. The van der Waals surface area contributed by atoms with Crippen LogP contribution in [0.1, 0.15) is 5.56 Å². The van der Waals surface area contributed by atoms with Crippen LogP contribution in [-0.2, 0) is 0 Å². The number of nitro benzene ring substituents is 3. The van der Waals surface area contributed by atoms with E-state index in [-0.39, 0.29) is 27.2 Å². The van der Waals surface area contributed by atoms with E-state index in [1.165, 1.54) is 0 Å². The van der Waals surface area contributed by atoms with E-state index in [1.807, 2.05) is 0 Å². The van der Waals surface area contributed by atoms with Crippen LogP contribution >= 0.6 is 15.9 Å². The predicted molar refractivity (Wildman–Crippen MR) is 93.4 cm³/mol. The second-order valence-corrected chi connectivity index (χ2v) is 5.56. The molecule has 0 aliphatic carbocycles. The Kier molecular flexibility index (Phi) is 5.42. The summed E-state index contributed by atoms with van der Waals surface area (Å²) in [6.45, 7) is 0. The van der Waals surface area contributed by atoms with Gasteiger partial charge >= 0.3 is 5.69 Å². The minimum absolute atomic E-state index is 0.0249. The molecule has 2 aromatic carbocycles. The van der Waals surface area contributed by atoms with Gasteiger partial charge in [0, 0.05) is 23.8 Å². The highest BCUT2D eigenvalue weighted by molar-refractivity contribution is 9.10. The lowest BCUT2D eigenvalue weighted by molar-refractivity contribution is -0.393. The molecule has 0 heterocycles. The van der Waals surface area contributed by atoms with E-state index in [0.29, 0.717) is 0 Å². The molecule has 0 saturated heterocycles.